The fourth-order valence-corrected chi connectivity index (χ4v) is 2.39. The number of carbonyl (C=O) groups excluding carboxylic acids is 1. The van der Waals surface area contributed by atoms with E-state index in [1.807, 2.05) is 12.3 Å². The van der Waals surface area contributed by atoms with Gasteiger partial charge in [0.25, 0.3) is 0 Å². The number of nitrogens with zero attached hydrogens (tertiary/aromatic N) is 2. The SMILES string of the molecule is CCN(C(=O)NCCc1nccs1)C(C)CC(=O)O. The number of urea groups is 1. The van der Waals surface area contributed by atoms with Crippen LogP contribution >= 0.6 is 11.3 Å². The summed E-state index contributed by atoms with van der Waals surface area (Å²) in [6.07, 6.45) is 2.37. The molecule has 0 bridgehead atoms. The minimum atomic E-state index is -0.901. The molecule has 0 saturated heterocycles. The van der Waals surface area contributed by atoms with Gasteiger partial charge in [-0.2, -0.15) is 0 Å². The zero-order valence-corrected chi connectivity index (χ0v) is 11.9. The summed E-state index contributed by atoms with van der Waals surface area (Å²) in [5.41, 5.74) is 0. The van der Waals surface area contributed by atoms with Crippen molar-refractivity contribution in [2.24, 2.45) is 0 Å². The Hall–Kier alpha value is -1.63. The molecule has 1 rings (SSSR count). The number of hydrogen-bond acceptors (Lipinski definition) is 4. The van der Waals surface area contributed by atoms with Gasteiger partial charge in [-0.15, -0.1) is 11.3 Å². The Morgan fingerprint density at radius 2 is 2.32 bits per heavy atom. The molecule has 0 aliphatic carbocycles. The molecule has 2 N–H and O–H groups in total. The molecule has 1 aromatic rings. The minimum Gasteiger partial charge on any atom is -0.481 e. The first-order valence-electron chi connectivity index (χ1n) is 6.19. The van der Waals surface area contributed by atoms with E-state index in [1.54, 1.807) is 24.5 Å². The van der Waals surface area contributed by atoms with Crippen LogP contribution in [-0.4, -0.2) is 46.1 Å². The lowest BCUT2D eigenvalue weighted by Crippen LogP contribution is -2.46. The van der Waals surface area contributed by atoms with Gasteiger partial charge in [0.15, 0.2) is 0 Å². The van der Waals surface area contributed by atoms with Crippen LogP contribution in [0.25, 0.3) is 0 Å². The van der Waals surface area contributed by atoms with E-state index in [2.05, 4.69) is 10.3 Å². The van der Waals surface area contributed by atoms with Crippen LogP contribution in [0, 0.1) is 0 Å². The zero-order chi connectivity index (χ0) is 14.3. The lowest BCUT2D eigenvalue weighted by atomic mass is 10.2. The summed E-state index contributed by atoms with van der Waals surface area (Å²) in [6, 6.07) is -0.546. The number of aliphatic carboxylic acids is 1. The number of thiazole rings is 1. The monoisotopic (exact) mass is 285 g/mol. The molecule has 1 heterocycles. The van der Waals surface area contributed by atoms with Crippen molar-refractivity contribution in [1.82, 2.24) is 15.2 Å². The van der Waals surface area contributed by atoms with Gasteiger partial charge in [0, 0.05) is 37.1 Å². The molecule has 0 fully saturated rings. The van der Waals surface area contributed by atoms with Gasteiger partial charge in [-0.3, -0.25) is 4.79 Å². The van der Waals surface area contributed by atoms with Crippen molar-refractivity contribution in [1.29, 1.82) is 0 Å². The zero-order valence-electron chi connectivity index (χ0n) is 11.1. The highest BCUT2D eigenvalue weighted by Gasteiger charge is 2.20. The van der Waals surface area contributed by atoms with Crippen LogP contribution in [0.4, 0.5) is 4.79 Å². The van der Waals surface area contributed by atoms with E-state index in [1.165, 1.54) is 4.90 Å². The normalized spacial score (nSPS) is 11.9. The molecule has 0 radical (unpaired) electrons. The highest BCUT2D eigenvalue weighted by molar-refractivity contribution is 7.09. The molecule has 19 heavy (non-hydrogen) atoms. The second-order valence-corrected chi connectivity index (χ2v) is 5.12. The average molecular weight is 285 g/mol. The summed E-state index contributed by atoms with van der Waals surface area (Å²) < 4.78 is 0. The molecule has 6 nitrogen and oxygen atoms in total. The minimum absolute atomic E-state index is 0.0479. The van der Waals surface area contributed by atoms with Gasteiger partial charge in [-0.1, -0.05) is 0 Å². The predicted molar refractivity (Wildman–Crippen MR) is 73.3 cm³/mol. The maximum absolute atomic E-state index is 11.9. The first-order chi connectivity index (χ1) is 9.04. The van der Waals surface area contributed by atoms with Crippen LogP contribution < -0.4 is 5.32 Å². The van der Waals surface area contributed by atoms with Crippen LogP contribution in [0.1, 0.15) is 25.3 Å². The Morgan fingerprint density at radius 1 is 1.58 bits per heavy atom. The van der Waals surface area contributed by atoms with Gasteiger partial charge >= 0.3 is 12.0 Å². The van der Waals surface area contributed by atoms with E-state index in [-0.39, 0.29) is 18.5 Å². The fourth-order valence-electron chi connectivity index (χ4n) is 1.77. The number of nitrogens with one attached hydrogen (secondary N) is 1. The third-order valence-electron chi connectivity index (χ3n) is 2.70. The third-order valence-corrected chi connectivity index (χ3v) is 3.54. The number of hydrogen-bond donors (Lipinski definition) is 2. The largest absolute Gasteiger partial charge is 0.481 e. The van der Waals surface area contributed by atoms with Gasteiger partial charge in [0.05, 0.1) is 11.4 Å². The summed E-state index contributed by atoms with van der Waals surface area (Å²) in [7, 11) is 0. The van der Waals surface area contributed by atoms with E-state index in [0.717, 1.165) is 5.01 Å². The molecule has 2 amide bonds. The molecule has 0 saturated carbocycles. The first kappa shape index (κ1) is 15.4. The smallest absolute Gasteiger partial charge is 0.317 e. The van der Waals surface area contributed by atoms with Gasteiger partial charge in [0.1, 0.15) is 0 Å². The molecule has 0 spiro atoms. The topological polar surface area (TPSA) is 82.5 Å². The second kappa shape index (κ2) is 7.73. The maximum Gasteiger partial charge on any atom is 0.317 e. The third kappa shape index (κ3) is 5.25. The van der Waals surface area contributed by atoms with E-state index < -0.39 is 5.97 Å². The summed E-state index contributed by atoms with van der Waals surface area (Å²) in [6.45, 7) is 4.55. The molecular weight excluding hydrogens is 266 g/mol. The Bertz CT molecular complexity index is 408. The second-order valence-electron chi connectivity index (χ2n) is 4.14. The quantitative estimate of drug-likeness (QED) is 0.797. The molecular formula is C12H19N3O3S. The number of carbonyl (C=O) groups is 2. The van der Waals surface area contributed by atoms with Crippen molar-refractivity contribution in [2.45, 2.75) is 32.7 Å². The van der Waals surface area contributed by atoms with E-state index in [0.29, 0.717) is 19.5 Å². The lowest BCUT2D eigenvalue weighted by Gasteiger charge is -2.27. The van der Waals surface area contributed by atoms with Crippen molar-refractivity contribution in [3.05, 3.63) is 16.6 Å². The predicted octanol–water partition coefficient (Wildman–Crippen LogP) is 1.58. The highest BCUT2D eigenvalue weighted by Crippen LogP contribution is 2.06. The number of carboxylic acids is 1. The Morgan fingerprint density at radius 3 is 2.84 bits per heavy atom. The Kier molecular flexibility index (Phi) is 6.27. The lowest BCUT2D eigenvalue weighted by molar-refractivity contribution is -0.138. The van der Waals surface area contributed by atoms with Gasteiger partial charge in [0.2, 0.25) is 0 Å². The van der Waals surface area contributed by atoms with Crippen LogP contribution in [0.3, 0.4) is 0 Å². The van der Waals surface area contributed by atoms with Crippen molar-refractivity contribution >= 4 is 23.3 Å². The number of amides is 2. The van der Waals surface area contributed by atoms with Crippen molar-refractivity contribution < 1.29 is 14.7 Å². The molecule has 1 aromatic heterocycles. The fraction of sp³-hybridized carbons (Fsp3) is 0.583. The van der Waals surface area contributed by atoms with E-state index >= 15 is 0 Å². The van der Waals surface area contributed by atoms with Crippen molar-refractivity contribution in [2.75, 3.05) is 13.1 Å². The molecule has 0 aromatic carbocycles. The van der Waals surface area contributed by atoms with Gasteiger partial charge in [-0.05, 0) is 13.8 Å². The number of rotatable bonds is 7. The van der Waals surface area contributed by atoms with Crippen LogP contribution in [-0.2, 0) is 11.2 Å². The highest BCUT2D eigenvalue weighted by atomic mass is 32.1. The van der Waals surface area contributed by atoms with Crippen molar-refractivity contribution in [3.63, 3.8) is 0 Å². The summed E-state index contributed by atoms with van der Waals surface area (Å²) >= 11 is 1.55. The van der Waals surface area contributed by atoms with Gasteiger partial charge < -0.3 is 15.3 Å². The summed E-state index contributed by atoms with van der Waals surface area (Å²) in [5.74, 6) is -0.901. The van der Waals surface area contributed by atoms with Crippen LogP contribution in [0.5, 0.6) is 0 Å². The summed E-state index contributed by atoms with van der Waals surface area (Å²) in [4.78, 5) is 28.2. The molecule has 1 atom stereocenters. The molecule has 0 aliphatic rings. The Labute approximate surface area is 116 Å². The number of carboxylic acid groups (broad SMARTS) is 1. The van der Waals surface area contributed by atoms with Crippen LogP contribution in [0.2, 0.25) is 0 Å². The molecule has 7 heteroatoms. The molecule has 0 aliphatic heterocycles. The van der Waals surface area contributed by atoms with Crippen molar-refractivity contribution in [3.8, 4) is 0 Å². The van der Waals surface area contributed by atoms with E-state index in [9.17, 15) is 9.59 Å². The van der Waals surface area contributed by atoms with Gasteiger partial charge in [-0.25, -0.2) is 9.78 Å². The Balaban J connectivity index is 2.38. The maximum atomic E-state index is 11.9. The average Bonchev–Trinajstić information content (AvgIpc) is 2.82. The first-order valence-corrected chi connectivity index (χ1v) is 7.07. The number of aromatic nitrogens is 1. The van der Waals surface area contributed by atoms with Crippen LogP contribution in [0.15, 0.2) is 11.6 Å². The summed E-state index contributed by atoms with van der Waals surface area (Å²) in [5, 5.41) is 14.4. The van der Waals surface area contributed by atoms with E-state index in [4.69, 9.17) is 5.11 Å². The molecule has 106 valence electrons. The molecule has 1 unspecified atom stereocenters. The standard InChI is InChI=1S/C12H19N3O3S/c1-3-15(9(2)8-11(16)17)12(18)14-5-4-10-13-6-7-19-10/h6-7,9H,3-5,8H2,1-2H3,(H,14,18)(H,16,17).